The smallest absolute Gasteiger partial charge is 0.311 e. The van der Waals surface area contributed by atoms with Crippen molar-refractivity contribution in [2.45, 2.75) is 43.0 Å². The number of methoxy groups -OCH3 is 1. The second-order valence-corrected chi connectivity index (χ2v) is 13.6. The fraction of sp³-hybridized carbons (Fsp3) is 0.407. The molecule has 0 radical (unpaired) electrons. The van der Waals surface area contributed by atoms with Gasteiger partial charge in [0.15, 0.2) is 17.6 Å². The third kappa shape index (κ3) is 7.85. The first-order chi connectivity index (χ1) is 20.5. The topological polar surface area (TPSA) is 148 Å². The number of ketones is 1. The zero-order chi connectivity index (χ0) is 31.3. The number of alkyl halides is 1. The minimum absolute atomic E-state index is 0.0472. The van der Waals surface area contributed by atoms with E-state index in [9.17, 15) is 19.8 Å². The Morgan fingerprint density at radius 3 is 2.67 bits per heavy atom. The van der Waals surface area contributed by atoms with Gasteiger partial charge in [0, 0.05) is 30.2 Å². The number of nitrogens with zero attached hydrogens (tertiary/aromatic N) is 2. The van der Waals surface area contributed by atoms with E-state index >= 15 is 0 Å². The van der Waals surface area contributed by atoms with Gasteiger partial charge in [-0.15, -0.1) is 11.6 Å². The molecule has 0 aromatic heterocycles. The number of oxime groups is 1. The van der Waals surface area contributed by atoms with Gasteiger partial charge in [0.05, 0.1) is 44.5 Å². The van der Waals surface area contributed by atoms with Crippen molar-refractivity contribution in [1.29, 1.82) is 0 Å². The number of nitrogens with one attached hydrogen (secondary N) is 1. The lowest BCUT2D eigenvalue weighted by Gasteiger charge is -2.27. The van der Waals surface area contributed by atoms with Crippen LogP contribution in [0.1, 0.15) is 24.8 Å². The number of benzene rings is 1. The second kappa shape index (κ2) is 14.9. The third-order valence-electron chi connectivity index (χ3n) is 6.54. The number of amides is 1. The molecule has 3 atom stereocenters. The van der Waals surface area contributed by atoms with E-state index in [0.29, 0.717) is 46.5 Å². The molecule has 2 aliphatic heterocycles. The van der Waals surface area contributed by atoms with E-state index in [4.69, 9.17) is 30.6 Å². The highest BCUT2D eigenvalue weighted by molar-refractivity contribution is 9.12. The SMILES string of the molecule is COC1=C(Br)C[C@@]2(OC=C1Br)ON=C(C(=O)NCCCOc1c(Br)cc(CCN=CC3=C(O)[C@@H](Cl)CC3=O)cc1Br)[C@H]2O. The van der Waals surface area contributed by atoms with Crippen molar-refractivity contribution in [3.63, 3.8) is 0 Å². The minimum Gasteiger partial charge on any atom is -0.510 e. The Kier molecular flexibility index (Phi) is 11.8. The van der Waals surface area contributed by atoms with Gasteiger partial charge in [-0.25, -0.2) is 0 Å². The fourth-order valence-electron chi connectivity index (χ4n) is 4.30. The summed E-state index contributed by atoms with van der Waals surface area (Å²) in [5.41, 5.74) is 0.931. The highest BCUT2D eigenvalue weighted by atomic mass is 79.9. The number of ether oxygens (including phenoxy) is 3. The third-order valence-corrected chi connectivity index (χ3v) is 9.26. The molecule has 11 nitrogen and oxygen atoms in total. The summed E-state index contributed by atoms with van der Waals surface area (Å²) in [6, 6.07) is 3.82. The first-order valence-corrected chi connectivity index (χ1v) is 16.5. The zero-order valence-electron chi connectivity index (χ0n) is 22.5. The molecule has 43 heavy (non-hydrogen) atoms. The summed E-state index contributed by atoms with van der Waals surface area (Å²) in [5.74, 6) is -1.49. The van der Waals surface area contributed by atoms with Crippen LogP contribution in [0.5, 0.6) is 5.75 Å². The fourth-order valence-corrected chi connectivity index (χ4v) is 7.59. The second-order valence-electron chi connectivity index (χ2n) is 9.51. The zero-order valence-corrected chi connectivity index (χ0v) is 29.6. The number of rotatable bonds is 11. The van der Waals surface area contributed by atoms with Gasteiger partial charge in [0.1, 0.15) is 23.5 Å². The van der Waals surface area contributed by atoms with Crippen LogP contribution in [0.2, 0.25) is 0 Å². The molecule has 1 amide bonds. The number of hydrogen-bond donors (Lipinski definition) is 3. The van der Waals surface area contributed by atoms with Crippen LogP contribution < -0.4 is 10.1 Å². The maximum atomic E-state index is 12.7. The van der Waals surface area contributed by atoms with Crippen LogP contribution in [0.25, 0.3) is 0 Å². The number of aliphatic imine (C=N–C) groups is 1. The van der Waals surface area contributed by atoms with Crippen LogP contribution in [-0.2, 0) is 30.3 Å². The summed E-state index contributed by atoms with van der Waals surface area (Å²) in [6.07, 6.45) is 2.43. The Morgan fingerprint density at radius 2 is 2.02 bits per heavy atom. The molecule has 16 heteroatoms. The standard InChI is InChI=1S/C27H26Br4ClN3O8/c1-40-23-17(30)10-27(42-12-18(23)31)25(38)21(35-43-27)26(39)34-4-2-6-41-24-15(28)7-13(8-16(24)29)3-5-33-11-14-20(36)9-19(32)22(14)37/h7-8,11-12,19,25,37-38H,2-6,9-10H2,1H3,(H,34,39)/t19-,25+,27+/m0/s1. The van der Waals surface area contributed by atoms with Crippen LogP contribution in [0.15, 0.2) is 63.5 Å². The van der Waals surface area contributed by atoms with Crippen LogP contribution in [0.4, 0.5) is 0 Å². The lowest BCUT2D eigenvalue weighted by Crippen LogP contribution is -2.49. The van der Waals surface area contributed by atoms with E-state index in [1.807, 2.05) is 12.1 Å². The highest BCUT2D eigenvalue weighted by Crippen LogP contribution is 2.41. The van der Waals surface area contributed by atoms with Gasteiger partial charge in [-0.1, -0.05) is 21.1 Å². The first kappa shape index (κ1) is 34.0. The maximum Gasteiger partial charge on any atom is 0.311 e. The number of hydrogen-bond acceptors (Lipinski definition) is 10. The van der Waals surface area contributed by atoms with Crippen molar-refractivity contribution >= 4 is 98.9 Å². The molecule has 1 aromatic carbocycles. The molecule has 0 fully saturated rings. The predicted molar refractivity (Wildman–Crippen MR) is 174 cm³/mol. The summed E-state index contributed by atoms with van der Waals surface area (Å²) in [4.78, 5) is 34.2. The molecule has 1 aliphatic carbocycles. The molecule has 3 aliphatic rings. The molecular formula is C27H26Br4ClN3O8. The molecule has 3 N–H and O–H groups in total. The number of aliphatic hydroxyl groups is 2. The number of carbonyl (C=O) groups is 2. The molecule has 2 heterocycles. The summed E-state index contributed by atoms with van der Waals surface area (Å²) in [7, 11) is 1.49. The average molecular weight is 876 g/mol. The lowest BCUT2D eigenvalue weighted by atomic mass is 10.0. The normalized spacial score (nSPS) is 23.7. The predicted octanol–water partition coefficient (Wildman–Crippen LogP) is 5.46. The molecule has 0 saturated carbocycles. The van der Waals surface area contributed by atoms with Crippen LogP contribution in [0.3, 0.4) is 0 Å². The van der Waals surface area contributed by atoms with Gasteiger partial charge in [0.2, 0.25) is 0 Å². The summed E-state index contributed by atoms with van der Waals surface area (Å²) < 4.78 is 19.4. The Balaban J connectivity index is 1.22. The molecule has 1 spiro atoms. The van der Waals surface area contributed by atoms with Gasteiger partial charge >= 0.3 is 5.79 Å². The maximum absolute atomic E-state index is 12.7. The number of allylic oxidation sites excluding steroid dienone is 3. The van der Waals surface area contributed by atoms with E-state index in [1.165, 1.54) is 19.6 Å². The molecule has 0 saturated heterocycles. The van der Waals surface area contributed by atoms with Crippen LogP contribution in [0, 0.1) is 0 Å². The van der Waals surface area contributed by atoms with Crippen LogP contribution >= 0.6 is 75.3 Å². The van der Waals surface area contributed by atoms with Crippen molar-refractivity contribution in [3.05, 3.63) is 59.0 Å². The van der Waals surface area contributed by atoms with E-state index < -0.39 is 23.2 Å². The van der Waals surface area contributed by atoms with Gasteiger partial charge in [-0.2, -0.15) is 0 Å². The van der Waals surface area contributed by atoms with Crippen molar-refractivity contribution < 1.29 is 38.9 Å². The largest absolute Gasteiger partial charge is 0.510 e. The monoisotopic (exact) mass is 871 g/mol. The van der Waals surface area contributed by atoms with Crippen molar-refractivity contribution in [2.75, 3.05) is 26.8 Å². The quantitative estimate of drug-likeness (QED) is 0.151. The average Bonchev–Trinajstić information content (AvgIpc) is 3.35. The van der Waals surface area contributed by atoms with Crippen molar-refractivity contribution in [1.82, 2.24) is 5.32 Å². The molecule has 232 valence electrons. The van der Waals surface area contributed by atoms with E-state index in [2.05, 4.69) is 79.2 Å². The van der Waals surface area contributed by atoms with E-state index in [-0.39, 0.29) is 42.2 Å². The van der Waals surface area contributed by atoms with Gasteiger partial charge in [0.25, 0.3) is 5.91 Å². The molecule has 4 rings (SSSR count). The number of halogens is 5. The Morgan fingerprint density at radius 1 is 1.30 bits per heavy atom. The number of aliphatic hydroxyl groups excluding tert-OH is 2. The van der Waals surface area contributed by atoms with E-state index in [0.717, 1.165) is 14.5 Å². The van der Waals surface area contributed by atoms with Gasteiger partial charge in [-0.3, -0.25) is 14.6 Å². The van der Waals surface area contributed by atoms with Crippen LogP contribution in [-0.4, -0.2) is 77.9 Å². The first-order valence-electron chi connectivity index (χ1n) is 12.9. The number of Topliss-reactive ketones (excluding diaryl/α,β-unsaturated/α-hetero) is 1. The van der Waals surface area contributed by atoms with Gasteiger partial charge < -0.3 is 34.6 Å². The molecule has 0 bridgehead atoms. The summed E-state index contributed by atoms with van der Waals surface area (Å²) >= 11 is 19.7. The Hall–Kier alpha value is -1.91. The molecule has 0 unspecified atom stereocenters. The minimum atomic E-state index is -1.62. The van der Waals surface area contributed by atoms with Crippen molar-refractivity contribution in [3.8, 4) is 5.75 Å². The lowest BCUT2D eigenvalue weighted by molar-refractivity contribution is -0.225. The Labute approximate surface area is 285 Å². The van der Waals surface area contributed by atoms with E-state index in [1.54, 1.807) is 0 Å². The summed E-state index contributed by atoms with van der Waals surface area (Å²) in [5, 5.41) is 26.6. The highest BCUT2D eigenvalue weighted by Gasteiger charge is 2.54. The summed E-state index contributed by atoms with van der Waals surface area (Å²) in [6.45, 7) is 0.959. The molecule has 1 aromatic rings. The Bertz CT molecular complexity index is 1420. The number of carbonyl (C=O) groups excluding carboxylic acids is 2. The van der Waals surface area contributed by atoms with Crippen molar-refractivity contribution in [2.24, 2.45) is 10.1 Å². The van der Waals surface area contributed by atoms with Gasteiger partial charge in [-0.05, 0) is 78.3 Å². The molecular weight excluding hydrogens is 849 g/mol.